The molecule has 1 aliphatic carbocycles. The third-order valence-corrected chi connectivity index (χ3v) is 6.28. The van der Waals surface area contributed by atoms with Gasteiger partial charge in [-0.25, -0.2) is 22.2 Å². The maximum absolute atomic E-state index is 14.7. The minimum Gasteiger partial charge on any atom is -0.478 e. The Morgan fingerprint density at radius 2 is 1.91 bits per heavy atom. The number of anilines is 1. The largest absolute Gasteiger partial charge is 0.478 e. The number of rotatable bonds is 4. The van der Waals surface area contributed by atoms with Crippen LogP contribution in [0.1, 0.15) is 54.2 Å². The van der Waals surface area contributed by atoms with Gasteiger partial charge >= 0.3 is 0 Å². The smallest absolute Gasteiger partial charge is 0.276 e. The van der Waals surface area contributed by atoms with Crippen molar-refractivity contribution in [3.8, 4) is 17.0 Å². The summed E-state index contributed by atoms with van der Waals surface area (Å²) in [4.78, 5) is 17.5. The summed E-state index contributed by atoms with van der Waals surface area (Å²) >= 11 is 0. The average molecular weight is 474 g/mol. The van der Waals surface area contributed by atoms with E-state index in [9.17, 15) is 22.4 Å². The van der Waals surface area contributed by atoms with Gasteiger partial charge in [-0.1, -0.05) is 0 Å². The van der Waals surface area contributed by atoms with Crippen molar-refractivity contribution in [3.63, 3.8) is 0 Å². The fraction of sp³-hybridized carbons (Fsp3) is 0.375. The predicted molar refractivity (Wildman–Crippen MR) is 116 cm³/mol. The molecule has 5 rings (SSSR count). The molecule has 34 heavy (non-hydrogen) atoms. The standard InChI is InChI=1S/C24H22F4N4O2/c25-15-2-3-18(26)17(12-15)16-6-9-29-21(14-4-7-24(27,28)8-5-14)22(16)30-23(33)19-13-20-32(31-19)10-1-11-34-20/h2-3,6,9,12-14H,1,4-5,7-8,10-11H2,(H,30,33). The van der Waals surface area contributed by atoms with Crippen LogP contribution >= 0.6 is 0 Å². The zero-order valence-corrected chi connectivity index (χ0v) is 18.2. The highest BCUT2D eigenvalue weighted by molar-refractivity contribution is 6.05. The van der Waals surface area contributed by atoms with Crippen molar-refractivity contribution in [1.82, 2.24) is 14.8 Å². The number of carbonyl (C=O) groups is 1. The number of amides is 1. The van der Waals surface area contributed by atoms with Gasteiger partial charge in [-0.15, -0.1) is 0 Å². The molecule has 1 aliphatic heterocycles. The van der Waals surface area contributed by atoms with Crippen LogP contribution < -0.4 is 10.1 Å². The molecular formula is C24H22F4N4O2. The summed E-state index contributed by atoms with van der Waals surface area (Å²) in [5.74, 6) is -4.57. The number of ether oxygens (including phenoxy) is 1. The lowest BCUT2D eigenvalue weighted by atomic mass is 9.83. The lowest BCUT2D eigenvalue weighted by molar-refractivity contribution is -0.0384. The molecule has 1 fully saturated rings. The Kier molecular flexibility index (Phi) is 5.75. The van der Waals surface area contributed by atoms with Gasteiger partial charge < -0.3 is 10.1 Å². The van der Waals surface area contributed by atoms with Gasteiger partial charge in [0.1, 0.15) is 11.6 Å². The molecule has 6 nitrogen and oxygen atoms in total. The van der Waals surface area contributed by atoms with E-state index in [1.165, 1.54) is 18.3 Å². The van der Waals surface area contributed by atoms with Crippen molar-refractivity contribution < 1.29 is 27.1 Å². The van der Waals surface area contributed by atoms with Gasteiger partial charge in [0.05, 0.1) is 18.0 Å². The minimum absolute atomic E-state index is 0.0624. The molecule has 0 radical (unpaired) electrons. The zero-order valence-electron chi connectivity index (χ0n) is 18.2. The lowest BCUT2D eigenvalue weighted by Gasteiger charge is -2.29. The van der Waals surface area contributed by atoms with Crippen LogP contribution in [0.2, 0.25) is 0 Å². The highest BCUT2D eigenvalue weighted by Crippen LogP contribution is 2.44. The molecule has 0 bridgehead atoms. The van der Waals surface area contributed by atoms with E-state index in [-0.39, 0.29) is 54.1 Å². The number of nitrogens with one attached hydrogen (secondary N) is 1. The first-order valence-corrected chi connectivity index (χ1v) is 11.1. The first-order valence-electron chi connectivity index (χ1n) is 11.1. The van der Waals surface area contributed by atoms with E-state index in [0.717, 1.165) is 24.6 Å². The van der Waals surface area contributed by atoms with E-state index in [4.69, 9.17) is 4.74 Å². The fourth-order valence-electron chi connectivity index (χ4n) is 4.52. The number of hydrogen-bond donors (Lipinski definition) is 1. The van der Waals surface area contributed by atoms with Crippen LogP contribution in [-0.4, -0.2) is 33.2 Å². The first kappa shape index (κ1) is 22.4. The molecule has 1 aromatic carbocycles. The summed E-state index contributed by atoms with van der Waals surface area (Å²) in [5.41, 5.74) is 0.775. The Labute approximate surface area is 192 Å². The first-order chi connectivity index (χ1) is 16.3. The number of nitrogens with zero attached hydrogens (tertiary/aromatic N) is 3. The van der Waals surface area contributed by atoms with Crippen molar-refractivity contribution in [2.75, 3.05) is 11.9 Å². The fourth-order valence-corrected chi connectivity index (χ4v) is 4.52. The van der Waals surface area contributed by atoms with E-state index in [1.807, 2.05) is 0 Å². The van der Waals surface area contributed by atoms with Gasteiger partial charge in [-0.2, -0.15) is 5.10 Å². The Balaban J connectivity index is 1.56. The lowest BCUT2D eigenvalue weighted by Crippen LogP contribution is -2.25. The Hall–Kier alpha value is -3.43. The third-order valence-electron chi connectivity index (χ3n) is 6.28. The molecule has 1 N–H and O–H groups in total. The number of alkyl halides is 2. The molecule has 10 heteroatoms. The normalized spacial score (nSPS) is 17.6. The Morgan fingerprint density at radius 3 is 2.68 bits per heavy atom. The number of hydrogen-bond acceptors (Lipinski definition) is 4. The van der Waals surface area contributed by atoms with Gasteiger partial charge in [0.2, 0.25) is 11.8 Å². The van der Waals surface area contributed by atoms with Crippen LogP contribution in [0.3, 0.4) is 0 Å². The van der Waals surface area contributed by atoms with E-state index in [2.05, 4.69) is 15.4 Å². The van der Waals surface area contributed by atoms with Gasteiger partial charge in [-0.3, -0.25) is 9.78 Å². The molecule has 1 saturated carbocycles. The van der Waals surface area contributed by atoms with Crippen LogP contribution in [0.5, 0.6) is 5.88 Å². The van der Waals surface area contributed by atoms with Crippen molar-refractivity contribution in [2.24, 2.45) is 0 Å². The Morgan fingerprint density at radius 1 is 1.12 bits per heavy atom. The summed E-state index contributed by atoms with van der Waals surface area (Å²) in [5, 5.41) is 7.03. The number of aromatic nitrogens is 3. The van der Waals surface area contributed by atoms with Crippen LogP contribution in [-0.2, 0) is 6.54 Å². The number of carbonyl (C=O) groups excluding carboxylic acids is 1. The monoisotopic (exact) mass is 474 g/mol. The van der Waals surface area contributed by atoms with Gasteiger partial charge in [0.25, 0.3) is 5.91 Å². The van der Waals surface area contributed by atoms with Crippen molar-refractivity contribution >= 4 is 11.6 Å². The van der Waals surface area contributed by atoms with Gasteiger partial charge in [-0.05, 0) is 37.1 Å². The average Bonchev–Trinajstić information content (AvgIpc) is 3.26. The van der Waals surface area contributed by atoms with Crippen LogP contribution in [0.25, 0.3) is 11.1 Å². The number of halogens is 4. The SMILES string of the molecule is O=C(Nc1c(-c2cc(F)ccc2F)ccnc1C1CCC(F)(F)CC1)c1cc2n(n1)CCCO2. The number of benzene rings is 1. The summed E-state index contributed by atoms with van der Waals surface area (Å²) < 4.78 is 63.3. The zero-order chi connectivity index (χ0) is 23.9. The van der Waals surface area contributed by atoms with Crippen molar-refractivity contribution in [1.29, 1.82) is 0 Å². The summed E-state index contributed by atoms with van der Waals surface area (Å²) in [6.07, 6.45) is 1.88. The Bertz CT molecular complexity index is 1210. The molecule has 0 spiro atoms. The summed E-state index contributed by atoms with van der Waals surface area (Å²) in [6.45, 7) is 1.13. The molecule has 0 unspecified atom stereocenters. The van der Waals surface area contributed by atoms with Crippen molar-refractivity contribution in [2.45, 2.75) is 50.5 Å². The minimum atomic E-state index is -2.75. The third kappa shape index (κ3) is 4.36. The second kappa shape index (κ2) is 8.73. The topological polar surface area (TPSA) is 69.0 Å². The van der Waals surface area contributed by atoms with E-state index >= 15 is 0 Å². The molecule has 178 valence electrons. The van der Waals surface area contributed by atoms with E-state index < -0.39 is 23.5 Å². The van der Waals surface area contributed by atoms with Gasteiger partial charge in [0.15, 0.2) is 5.69 Å². The predicted octanol–water partition coefficient (Wildman–Crippen LogP) is 5.55. The number of aryl methyl sites for hydroxylation is 1. The summed E-state index contributed by atoms with van der Waals surface area (Å²) in [7, 11) is 0. The van der Waals surface area contributed by atoms with Crippen LogP contribution in [0.15, 0.2) is 36.5 Å². The number of fused-ring (bicyclic) bond motifs is 1. The highest BCUT2D eigenvalue weighted by atomic mass is 19.3. The van der Waals surface area contributed by atoms with Crippen LogP contribution in [0, 0.1) is 11.6 Å². The molecule has 0 atom stereocenters. The maximum atomic E-state index is 14.7. The second-order valence-corrected chi connectivity index (χ2v) is 8.62. The van der Waals surface area contributed by atoms with E-state index in [1.54, 1.807) is 4.68 Å². The molecule has 3 aromatic rings. The molecule has 2 aliphatic rings. The molecule has 0 saturated heterocycles. The van der Waals surface area contributed by atoms with Gasteiger partial charge in [0, 0.05) is 55.1 Å². The molecule has 2 aromatic heterocycles. The maximum Gasteiger partial charge on any atom is 0.276 e. The molecule has 3 heterocycles. The molecular weight excluding hydrogens is 452 g/mol. The number of pyridine rings is 1. The second-order valence-electron chi connectivity index (χ2n) is 8.62. The molecule has 1 amide bonds. The quantitative estimate of drug-likeness (QED) is 0.504. The van der Waals surface area contributed by atoms with Crippen LogP contribution in [0.4, 0.5) is 23.2 Å². The van der Waals surface area contributed by atoms with E-state index in [0.29, 0.717) is 24.7 Å². The highest BCUT2D eigenvalue weighted by Gasteiger charge is 2.37. The van der Waals surface area contributed by atoms with Crippen molar-refractivity contribution in [3.05, 3.63) is 59.6 Å². The summed E-state index contributed by atoms with van der Waals surface area (Å²) in [6, 6.07) is 6.00.